The van der Waals surface area contributed by atoms with Gasteiger partial charge in [-0.2, -0.15) is 0 Å². The van der Waals surface area contributed by atoms with E-state index >= 15 is 0 Å². The van der Waals surface area contributed by atoms with Gasteiger partial charge in [0, 0.05) is 18.6 Å². The normalized spacial score (nSPS) is 11.8. The molecular weight excluding hydrogens is 244 g/mol. The van der Waals surface area contributed by atoms with Crippen LogP contribution in [0.5, 0.6) is 0 Å². The molecule has 2 aromatic heterocycles. The molecular formula is C13H14N4S. The molecule has 18 heavy (non-hydrogen) atoms. The van der Waals surface area contributed by atoms with Crippen LogP contribution in [0.4, 0.5) is 5.82 Å². The number of nitrogens with zero attached hydrogens (tertiary/aromatic N) is 2. The molecule has 0 aliphatic rings. The van der Waals surface area contributed by atoms with E-state index in [1.165, 1.54) is 0 Å². The smallest absolute Gasteiger partial charge is 0.136 e. The molecule has 0 spiro atoms. The highest BCUT2D eigenvalue weighted by Gasteiger charge is 2.10. The van der Waals surface area contributed by atoms with Gasteiger partial charge in [0.05, 0.1) is 11.6 Å². The highest BCUT2D eigenvalue weighted by molar-refractivity contribution is 7.80. The first-order valence-corrected chi connectivity index (χ1v) is 6.00. The summed E-state index contributed by atoms with van der Waals surface area (Å²) in [4.78, 5) is 8.70. The Kier molecular flexibility index (Phi) is 3.84. The van der Waals surface area contributed by atoms with Gasteiger partial charge < -0.3 is 11.1 Å². The first-order valence-electron chi connectivity index (χ1n) is 5.60. The highest BCUT2D eigenvalue weighted by Crippen LogP contribution is 2.19. The zero-order valence-corrected chi connectivity index (χ0v) is 10.8. The summed E-state index contributed by atoms with van der Waals surface area (Å²) in [6, 6.07) is 7.66. The molecule has 0 bridgehead atoms. The van der Waals surface area contributed by atoms with Crippen molar-refractivity contribution in [2.24, 2.45) is 5.73 Å². The number of rotatable bonds is 4. The minimum absolute atomic E-state index is 0.0849. The van der Waals surface area contributed by atoms with E-state index in [-0.39, 0.29) is 6.04 Å². The molecule has 0 aromatic carbocycles. The van der Waals surface area contributed by atoms with Crippen molar-refractivity contribution in [2.75, 3.05) is 5.32 Å². The summed E-state index contributed by atoms with van der Waals surface area (Å²) >= 11 is 5.00. The maximum Gasteiger partial charge on any atom is 0.136 e. The number of nitrogens with two attached hydrogens (primary N) is 1. The van der Waals surface area contributed by atoms with Crippen LogP contribution in [0.2, 0.25) is 0 Å². The lowest BCUT2D eigenvalue weighted by molar-refractivity contribution is 0.865. The van der Waals surface area contributed by atoms with Crippen molar-refractivity contribution in [1.29, 1.82) is 0 Å². The third kappa shape index (κ3) is 2.81. The van der Waals surface area contributed by atoms with E-state index in [1.807, 2.05) is 37.4 Å². The van der Waals surface area contributed by atoms with E-state index < -0.39 is 0 Å². The van der Waals surface area contributed by atoms with Crippen molar-refractivity contribution in [3.8, 4) is 0 Å². The summed E-state index contributed by atoms with van der Waals surface area (Å²) in [5.41, 5.74) is 7.50. The van der Waals surface area contributed by atoms with Gasteiger partial charge in [-0.3, -0.25) is 4.98 Å². The molecule has 4 nitrogen and oxygen atoms in total. The van der Waals surface area contributed by atoms with Crippen LogP contribution in [0.15, 0.2) is 42.9 Å². The number of pyridine rings is 2. The molecule has 2 heterocycles. The van der Waals surface area contributed by atoms with Crippen LogP contribution < -0.4 is 11.1 Å². The van der Waals surface area contributed by atoms with Crippen LogP contribution in [-0.2, 0) is 0 Å². The lowest BCUT2D eigenvalue weighted by Crippen LogP contribution is -2.16. The number of anilines is 1. The van der Waals surface area contributed by atoms with Crippen LogP contribution in [0.25, 0.3) is 0 Å². The number of thiocarbonyl (C=S) groups is 1. The molecule has 5 heteroatoms. The van der Waals surface area contributed by atoms with Gasteiger partial charge in [-0.05, 0) is 30.7 Å². The minimum Gasteiger partial charge on any atom is -0.389 e. The molecule has 0 aliphatic heterocycles. The second-order valence-corrected chi connectivity index (χ2v) is 4.36. The lowest BCUT2D eigenvalue weighted by Gasteiger charge is -2.16. The SMILES string of the molecule is CC(Nc1ncccc1C(N)=S)c1cccnc1. The van der Waals surface area contributed by atoms with E-state index in [1.54, 1.807) is 12.4 Å². The van der Waals surface area contributed by atoms with E-state index in [0.717, 1.165) is 11.1 Å². The monoisotopic (exact) mass is 258 g/mol. The van der Waals surface area contributed by atoms with E-state index in [2.05, 4.69) is 15.3 Å². The van der Waals surface area contributed by atoms with E-state index in [9.17, 15) is 0 Å². The molecule has 1 atom stereocenters. The van der Waals surface area contributed by atoms with Gasteiger partial charge in [-0.1, -0.05) is 18.3 Å². The summed E-state index contributed by atoms with van der Waals surface area (Å²) in [6.45, 7) is 2.04. The fourth-order valence-corrected chi connectivity index (χ4v) is 1.80. The maximum atomic E-state index is 5.67. The zero-order chi connectivity index (χ0) is 13.0. The number of aromatic nitrogens is 2. The Morgan fingerprint density at radius 3 is 2.78 bits per heavy atom. The second-order valence-electron chi connectivity index (χ2n) is 3.92. The summed E-state index contributed by atoms with van der Waals surface area (Å²) in [7, 11) is 0. The van der Waals surface area contributed by atoms with Crippen molar-refractivity contribution >= 4 is 23.0 Å². The summed E-state index contributed by atoms with van der Waals surface area (Å²) in [6.07, 6.45) is 5.28. The Bertz CT molecular complexity index is 542. The second kappa shape index (κ2) is 5.55. The maximum absolute atomic E-state index is 5.67. The van der Waals surface area contributed by atoms with Crippen molar-refractivity contribution < 1.29 is 0 Å². The van der Waals surface area contributed by atoms with Crippen LogP contribution in [0, 0.1) is 0 Å². The van der Waals surface area contributed by atoms with Gasteiger partial charge in [-0.15, -0.1) is 0 Å². The molecule has 0 saturated heterocycles. The summed E-state index contributed by atoms with van der Waals surface area (Å²) < 4.78 is 0. The molecule has 3 N–H and O–H groups in total. The predicted octanol–water partition coefficient (Wildman–Crippen LogP) is 2.28. The number of hydrogen-bond acceptors (Lipinski definition) is 4. The molecule has 92 valence electrons. The first-order chi connectivity index (χ1) is 8.68. The predicted molar refractivity (Wildman–Crippen MR) is 76.4 cm³/mol. The largest absolute Gasteiger partial charge is 0.389 e. The van der Waals surface area contributed by atoms with Crippen molar-refractivity contribution in [2.45, 2.75) is 13.0 Å². The van der Waals surface area contributed by atoms with Crippen LogP contribution in [0.3, 0.4) is 0 Å². The number of nitrogens with one attached hydrogen (secondary N) is 1. The molecule has 0 amide bonds. The van der Waals surface area contributed by atoms with Crippen molar-refractivity contribution in [3.63, 3.8) is 0 Å². The third-order valence-electron chi connectivity index (χ3n) is 2.61. The highest BCUT2D eigenvalue weighted by atomic mass is 32.1. The standard InChI is InChI=1S/C13H14N4S/c1-9(10-4-2-6-15-8-10)17-13-11(12(14)18)5-3-7-16-13/h2-9H,1H3,(H2,14,18)(H,16,17). The van der Waals surface area contributed by atoms with Crippen LogP contribution >= 0.6 is 12.2 Å². The summed E-state index contributed by atoms with van der Waals surface area (Å²) in [5.74, 6) is 0.696. The van der Waals surface area contributed by atoms with Gasteiger partial charge in [0.15, 0.2) is 0 Å². The molecule has 2 rings (SSSR count). The zero-order valence-electron chi connectivity index (χ0n) is 10.00. The summed E-state index contributed by atoms with van der Waals surface area (Å²) in [5, 5.41) is 3.29. The first kappa shape index (κ1) is 12.4. The Morgan fingerprint density at radius 2 is 2.11 bits per heavy atom. The average molecular weight is 258 g/mol. The molecule has 0 radical (unpaired) electrons. The van der Waals surface area contributed by atoms with Crippen LogP contribution in [0.1, 0.15) is 24.1 Å². The van der Waals surface area contributed by atoms with Gasteiger partial charge in [0.25, 0.3) is 0 Å². The minimum atomic E-state index is 0.0849. The molecule has 0 aliphatic carbocycles. The van der Waals surface area contributed by atoms with Crippen LogP contribution in [-0.4, -0.2) is 15.0 Å². The van der Waals surface area contributed by atoms with E-state index in [0.29, 0.717) is 10.8 Å². The number of hydrogen-bond donors (Lipinski definition) is 2. The fourth-order valence-electron chi connectivity index (χ4n) is 1.64. The quantitative estimate of drug-likeness (QED) is 0.824. The fraction of sp³-hybridized carbons (Fsp3) is 0.154. The Balaban J connectivity index is 2.22. The van der Waals surface area contributed by atoms with Crippen molar-refractivity contribution in [1.82, 2.24) is 9.97 Å². The molecule has 1 unspecified atom stereocenters. The van der Waals surface area contributed by atoms with Gasteiger partial charge in [0.1, 0.15) is 10.8 Å². The molecule has 0 fully saturated rings. The molecule has 2 aromatic rings. The van der Waals surface area contributed by atoms with E-state index in [4.69, 9.17) is 18.0 Å². The average Bonchev–Trinajstić information content (AvgIpc) is 2.40. The van der Waals surface area contributed by atoms with Gasteiger partial charge >= 0.3 is 0 Å². The van der Waals surface area contributed by atoms with Crippen molar-refractivity contribution in [3.05, 3.63) is 54.0 Å². The third-order valence-corrected chi connectivity index (χ3v) is 2.83. The van der Waals surface area contributed by atoms with Gasteiger partial charge in [-0.25, -0.2) is 4.98 Å². The Morgan fingerprint density at radius 1 is 1.33 bits per heavy atom. The Hall–Kier alpha value is -2.01. The lowest BCUT2D eigenvalue weighted by atomic mass is 10.1. The Labute approximate surface area is 111 Å². The topological polar surface area (TPSA) is 63.8 Å². The van der Waals surface area contributed by atoms with Gasteiger partial charge in [0.2, 0.25) is 0 Å². The molecule has 0 saturated carbocycles.